The van der Waals surface area contributed by atoms with Crippen molar-refractivity contribution in [3.63, 3.8) is 0 Å². The lowest BCUT2D eigenvalue weighted by molar-refractivity contribution is 0.308. The first-order chi connectivity index (χ1) is 15.7. The van der Waals surface area contributed by atoms with Crippen molar-refractivity contribution in [3.05, 3.63) is 72.4 Å². The molecule has 0 bridgehead atoms. The lowest BCUT2D eigenvalue weighted by Gasteiger charge is -2.34. The fourth-order valence-electron chi connectivity index (χ4n) is 4.34. The fraction of sp³-hybridized carbons (Fsp3) is 0.320. The number of anilines is 1. The van der Waals surface area contributed by atoms with Crippen molar-refractivity contribution in [1.82, 2.24) is 29.7 Å². The van der Waals surface area contributed by atoms with Gasteiger partial charge in [-0.1, -0.05) is 36.4 Å². The largest absolute Gasteiger partial charge is 0.367 e. The number of imidazole rings is 1. The number of hydrogen-bond acceptors (Lipinski definition) is 6. The lowest BCUT2D eigenvalue weighted by Crippen LogP contribution is -2.44. The Hall–Kier alpha value is -3.29. The van der Waals surface area contributed by atoms with E-state index >= 15 is 0 Å². The van der Waals surface area contributed by atoms with Crippen LogP contribution in [0.1, 0.15) is 11.5 Å². The van der Waals surface area contributed by atoms with Crippen molar-refractivity contribution in [2.24, 2.45) is 0 Å². The second-order valence-corrected chi connectivity index (χ2v) is 8.54. The van der Waals surface area contributed by atoms with Crippen molar-refractivity contribution in [1.29, 1.82) is 0 Å². The van der Waals surface area contributed by atoms with Gasteiger partial charge in [-0.3, -0.25) is 9.88 Å². The van der Waals surface area contributed by atoms with Crippen LogP contribution in [0, 0.1) is 0 Å². The summed E-state index contributed by atoms with van der Waals surface area (Å²) in [6, 6.07) is 16.7. The zero-order valence-electron chi connectivity index (χ0n) is 18.7. The van der Waals surface area contributed by atoms with Crippen molar-refractivity contribution in [3.8, 4) is 11.1 Å². The fourth-order valence-corrected chi connectivity index (χ4v) is 4.34. The van der Waals surface area contributed by atoms with Crippen LogP contribution in [0.4, 0.5) is 5.69 Å². The highest BCUT2D eigenvalue weighted by molar-refractivity contribution is 5.86. The van der Waals surface area contributed by atoms with Gasteiger partial charge in [0.05, 0.1) is 17.9 Å². The van der Waals surface area contributed by atoms with Crippen LogP contribution < -0.4 is 4.90 Å². The highest BCUT2D eigenvalue weighted by Crippen LogP contribution is 2.26. The van der Waals surface area contributed by atoms with E-state index in [-0.39, 0.29) is 0 Å². The monoisotopic (exact) mass is 427 g/mol. The van der Waals surface area contributed by atoms with Crippen LogP contribution in [0.3, 0.4) is 0 Å². The van der Waals surface area contributed by atoms with Crippen molar-refractivity contribution < 1.29 is 0 Å². The van der Waals surface area contributed by atoms with Crippen LogP contribution >= 0.6 is 0 Å². The van der Waals surface area contributed by atoms with Gasteiger partial charge in [0.25, 0.3) is 0 Å². The van der Waals surface area contributed by atoms with Crippen molar-refractivity contribution in [2.75, 3.05) is 45.2 Å². The number of H-pyrrole nitrogens is 1. The van der Waals surface area contributed by atoms with Gasteiger partial charge in [0.1, 0.15) is 11.3 Å². The molecule has 0 amide bonds. The topological polar surface area (TPSA) is 64.2 Å². The molecule has 0 radical (unpaired) electrons. The summed E-state index contributed by atoms with van der Waals surface area (Å²) in [5.74, 6) is 0.925. The van der Waals surface area contributed by atoms with E-state index in [0.29, 0.717) is 6.54 Å². The summed E-state index contributed by atoms with van der Waals surface area (Å²) in [6.45, 7) is 5.62. The van der Waals surface area contributed by atoms with Gasteiger partial charge in [0.15, 0.2) is 5.65 Å². The van der Waals surface area contributed by atoms with E-state index in [2.05, 4.69) is 80.1 Å². The van der Waals surface area contributed by atoms with Gasteiger partial charge in [-0.2, -0.15) is 0 Å². The maximum absolute atomic E-state index is 4.78. The number of likely N-dealkylation sites (N-methyl/N-ethyl adjacent to an activating group) is 1. The smallest absolute Gasteiger partial charge is 0.179 e. The summed E-state index contributed by atoms with van der Waals surface area (Å²) < 4.78 is 0. The quantitative estimate of drug-likeness (QED) is 0.509. The number of fused-ring (bicyclic) bond motifs is 1. The summed E-state index contributed by atoms with van der Waals surface area (Å²) >= 11 is 0. The average Bonchev–Trinajstić information content (AvgIpc) is 3.23. The maximum Gasteiger partial charge on any atom is 0.179 e. The molecule has 0 spiro atoms. The van der Waals surface area contributed by atoms with Crippen LogP contribution in [-0.4, -0.2) is 70.0 Å². The number of hydrogen-bond donors (Lipinski definition) is 1. The molecular weight excluding hydrogens is 398 g/mol. The van der Waals surface area contributed by atoms with Gasteiger partial charge in [-0.15, -0.1) is 0 Å². The predicted molar refractivity (Wildman–Crippen MR) is 128 cm³/mol. The van der Waals surface area contributed by atoms with Gasteiger partial charge >= 0.3 is 0 Å². The second-order valence-electron chi connectivity index (χ2n) is 8.54. The zero-order valence-corrected chi connectivity index (χ0v) is 18.7. The standard InChI is InChI=1S/C25H29N7/c1-30-13-15-32(16-14-30)22-10-12-27-25-24(22)28-23(29-25)18-31(2)17-21-20(9-6-11-26-21)19-7-4-3-5-8-19/h3-12H,13-18H2,1-2H3,(H,27,28,29). The highest BCUT2D eigenvalue weighted by Gasteiger charge is 2.19. The first-order valence-corrected chi connectivity index (χ1v) is 11.1. The molecule has 1 aromatic carbocycles. The number of nitrogens with zero attached hydrogens (tertiary/aromatic N) is 6. The minimum Gasteiger partial charge on any atom is -0.367 e. The Balaban J connectivity index is 1.34. The number of aromatic nitrogens is 4. The van der Waals surface area contributed by atoms with E-state index in [1.165, 1.54) is 16.8 Å². The van der Waals surface area contributed by atoms with Crippen molar-refractivity contribution in [2.45, 2.75) is 13.1 Å². The Morgan fingerprint density at radius 2 is 1.72 bits per heavy atom. The van der Waals surface area contributed by atoms with Gasteiger partial charge in [-0.05, 0) is 31.8 Å². The number of aromatic amines is 1. The molecule has 0 unspecified atom stereocenters. The molecule has 1 fully saturated rings. The summed E-state index contributed by atoms with van der Waals surface area (Å²) in [5, 5.41) is 0. The number of pyridine rings is 2. The first kappa shape index (κ1) is 20.6. The number of benzene rings is 1. The Bertz CT molecular complexity index is 1180. The van der Waals surface area contributed by atoms with E-state index < -0.39 is 0 Å². The molecule has 1 aliphatic heterocycles. The molecular formula is C25H29N7. The van der Waals surface area contributed by atoms with Crippen LogP contribution in [0.2, 0.25) is 0 Å². The molecule has 0 aliphatic carbocycles. The number of piperazine rings is 1. The molecule has 1 saturated heterocycles. The average molecular weight is 428 g/mol. The number of rotatable bonds is 6. The minimum atomic E-state index is 0.698. The molecule has 7 nitrogen and oxygen atoms in total. The molecule has 5 rings (SSSR count). The molecule has 1 aliphatic rings. The van der Waals surface area contributed by atoms with Crippen LogP contribution in [-0.2, 0) is 13.1 Å². The number of nitrogens with one attached hydrogen (secondary N) is 1. The molecule has 1 N–H and O–H groups in total. The van der Waals surface area contributed by atoms with Gasteiger partial charge in [0.2, 0.25) is 0 Å². The predicted octanol–water partition coefficient (Wildman–Crippen LogP) is 3.40. The second kappa shape index (κ2) is 9.06. The Labute approximate surface area is 188 Å². The zero-order chi connectivity index (χ0) is 21.9. The van der Waals surface area contributed by atoms with Crippen molar-refractivity contribution >= 4 is 16.9 Å². The van der Waals surface area contributed by atoms with E-state index in [4.69, 9.17) is 4.98 Å². The van der Waals surface area contributed by atoms with Crippen LogP contribution in [0.15, 0.2) is 60.9 Å². The summed E-state index contributed by atoms with van der Waals surface area (Å²) in [6.07, 6.45) is 3.73. The van der Waals surface area contributed by atoms with E-state index in [0.717, 1.165) is 55.4 Å². The molecule has 0 saturated carbocycles. The van der Waals surface area contributed by atoms with E-state index in [1.807, 2.05) is 24.5 Å². The molecule has 4 aromatic rings. The van der Waals surface area contributed by atoms with Gasteiger partial charge in [-0.25, -0.2) is 9.97 Å². The Morgan fingerprint density at radius 1 is 0.906 bits per heavy atom. The van der Waals surface area contributed by atoms with E-state index in [1.54, 1.807) is 0 Å². The molecule has 164 valence electrons. The normalized spacial score (nSPS) is 15.0. The molecule has 4 heterocycles. The molecule has 7 heteroatoms. The maximum atomic E-state index is 4.78. The van der Waals surface area contributed by atoms with Gasteiger partial charge in [0, 0.05) is 50.7 Å². The third-order valence-corrected chi connectivity index (χ3v) is 6.08. The highest BCUT2D eigenvalue weighted by atomic mass is 15.3. The summed E-state index contributed by atoms with van der Waals surface area (Å²) in [4.78, 5) is 24.5. The summed E-state index contributed by atoms with van der Waals surface area (Å²) in [5.41, 5.74) is 6.43. The van der Waals surface area contributed by atoms with E-state index in [9.17, 15) is 0 Å². The minimum absolute atomic E-state index is 0.698. The van der Waals surface area contributed by atoms with Gasteiger partial charge < -0.3 is 14.8 Å². The lowest BCUT2D eigenvalue weighted by atomic mass is 10.0. The third-order valence-electron chi connectivity index (χ3n) is 6.08. The summed E-state index contributed by atoms with van der Waals surface area (Å²) in [7, 11) is 4.28. The Kier molecular flexibility index (Phi) is 5.83. The Morgan fingerprint density at radius 3 is 2.53 bits per heavy atom. The molecule has 3 aromatic heterocycles. The molecule has 32 heavy (non-hydrogen) atoms. The third kappa shape index (κ3) is 4.35. The van der Waals surface area contributed by atoms with Crippen LogP contribution in [0.5, 0.6) is 0 Å². The SMILES string of the molecule is CN1CCN(c2ccnc3nc(CN(C)Cc4ncccc4-c4ccccc4)[nH]c23)CC1. The first-order valence-electron chi connectivity index (χ1n) is 11.1. The molecule has 0 atom stereocenters. The van der Waals surface area contributed by atoms with Crippen LogP contribution in [0.25, 0.3) is 22.3 Å².